The van der Waals surface area contributed by atoms with Crippen molar-refractivity contribution in [2.75, 3.05) is 38.5 Å². The summed E-state index contributed by atoms with van der Waals surface area (Å²) in [5, 5.41) is 11.2. The molecular formula is C20H28N6O. The van der Waals surface area contributed by atoms with E-state index >= 15 is 0 Å². The Bertz CT molecular complexity index is 806. The zero-order valence-corrected chi connectivity index (χ0v) is 16.0. The first-order chi connectivity index (χ1) is 13.2. The van der Waals surface area contributed by atoms with Gasteiger partial charge in [0.1, 0.15) is 5.82 Å². The minimum Gasteiger partial charge on any atom is -0.368 e. The molecule has 1 unspecified atom stereocenters. The minimum absolute atomic E-state index is 0.217. The summed E-state index contributed by atoms with van der Waals surface area (Å²) in [7, 11) is 1.76. The molecule has 7 nitrogen and oxygen atoms in total. The molecule has 1 atom stereocenters. The fourth-order valence-corrected chi connectivity index (χ4v) is 3.25. The first kappa shape index (κ1) is 18.9. The Labute approximate surface area is 160 Å². The Hall–Kier alpha value is -2.83. The number of benzene rings is 1. The van der Waals surface area contributed by atoms with Crippen molar-refractivity contribution in [3.63, 3.8) is 0 Å². The summed E-state index contributed by atoms with van der Waals surface area (Å²) in [5.74, 6) is 1.84. The molecular weight excluding hydrogens is 340 g/mol. The van der Waals surface area contributed by atoms with E-state index in [0.29, 0.717) is 6.42 Å². The number of anilines is 1. The number of carbonyl (C=O) groups is 1. The largest absolute Gasteiger partial charge is 0.368 e. The van der Waals surface area contributed by atoms with Gasteiger partial charge in [-0.15, -0.1) is 0 Å². The van der Waals surface area contributed by atoms with E-state index < -0.39 is 0 Å². The zero-order valence-electron chi connectivity index (χ0n) is 16.0. The van der Waals surface area contributed by atoms with E-state index in [1.54, 1.807) is 7.05 Å². The van der Waals surface area contributed by atoms with E-state index in [9.17, 15) is 4.79 Å². The number of fused-ring (bicyclic) bond motifs is 1. The van der Waals surface area contributed by atoms with Crippen molar-refractivity contribution in [3.8, 4) is 0 Å². The average molecular weight is 368 g/mol. The topological polar surface area (TPSA) is 81.7 Å². The third-order valence-corrected chi connectivity index (χ3v) is 4.73. The van der Waals surface area contributed by atoms with Gasteiger partial charge >= 0.3 is 0 Å². The van der Waals surface area contributed by atoms with Crippen LogP contribution in [0.25, 0.3) is 10.9 Å². The first-order valence-corrected chi connectivity index (χ1v) is 9.54. The molecule has 27 heavy (non-hydrogen) atoms. The molecule has 1 fully saturated rings. The third-order valence-electron chi connectivity index (χ3n) is 4.73. The van der Waals surface area contributed by atoms with Crippen molar-refractivity contribution in [3.05, 3.63) is 36.4 Å². The maximum Gasteiger partial charge on any atom is 0.222 e. The smallest absolute Gasteiger partial charge is 0.222 e. The van der Waals surface area contributed by atoms with E-state index in [-0.39, 0.29) is 11.9 Å². The highest BCUT2D eigenvalue weighted by atomic mass is 16.2. The van der Waals surface area contributed by atoms with Gasteiger partial charge in [-0.1, -0.05) is 25.1 Å². The molecule has 1 aromatic carbocycles. The standard InChI is InChI=1S/C20H28N6O/c1-3-19(27)26-13-10-16(14-26)24-20(21-2)23-12-11-22-18-9-8-15-6-4-5-7-17(15)25-18/h4-9,16H,3,10-14H2,1-2H3,(H,22,25)(H2,21,23,24). The number of hydrogen-bond acceptors (Lipinski definition) is 4. The Morgan fingerprint density at radius 2 is 2.11 bits per heavy atom. The van der Waals surface area contributed by atoms with Crippen LogP contribution in [-0.2, 0) is 4.79 Å². The van der Waals surface area contributed by atoms with Gasteiger partial charge in [-0.3, -0.25) is 9.79 Å². The lowest BCUT2D eigenvalue weighted by Crippen LogP contribution is -2.46. The molecule has 144 valence electrons. The van der Waals surface area contributed by atoms with Crippen molar-refractivity contribution in [2.24, 2.45) is 4.99 Å². The van der Waals surface area contributed by atoms with Crippen molar-refractivity contribution < 1.29 is 4.79 Å². The summed E-state index contributed by atoms with van der Waals surface area (Å²) < 4.78 is 0. The van der Waals surface area contributed by atoms with Crippen molar-refractivity contribution in [1.29, 1.82) is 0 Å². The molecule has 1 aliphatic heterocycles. The van der Waals surface area contributed by atoms with Crippen LogP contribution >= 0.6 is 0 Å². The Morgan fingerprint density at radius 3 is 2.93 bits per heavy atom. The zero-order chi connectivity index (χ0) is 19.1. The number of aliphatic imine (C=N–C) groups is 1. The number of pyridine rings is 1. The first-order valence-electron chi connectivity index (χ1n) is 9.54. The molecule has 0 radical (unpaired) electrons. The van der Waals surface area contributed by atoms with Gasteiger partial charge < -0.3 is 20.9 Å². The summed E-state index contributed by atoms with van der Waals surface area (Å²) >= 11 is 0. The lowest BCUT2D eigenvalue weighted by molar-refractivity contribution is -0.129. The van der Waals surface area contributed by atoms with Crippen molar-refractivity contribution in [2.45, 2.75) is 25.8 Å². The molecule has 2 aromatic rings. The van der Waals surface area contributed by atoms with Crippen LogP contribution in [0.4, 0.5) is 5.82 Å². The van der Waals surface area contributed by atoms with Gasteiger partial charge in [-0.25, -0.2) is 4.98 Å². The maximum atomic E-state index is 11.8. The molecule has 0 spiro atoms. The molecule has 1 aromatic heterocycles. The fraction of sp³-hybridized carbons (Fsp3) is 0.450. The van der Waals surface area contributed by atoms with Crippen LogP contribution in [0, 0.1) is 0 Å². The second-order valence-electron chi connectivity index (χ2n) is 6.64. The van der Waals surface area contributed by atoms with Gasteiger partial charge in [0, 0.05) is 51.1 Å². The lowest BCUT2D eigenvalue weighted by Gasteiger charge is -2.19. The number of carbonyl (C=O) groups excluding carboxylic acids is 1. The number of hydrogen-bond donors (Lipinski definition) is 3. The second-order valence-corrected chi connectivity index (χ2v) is 6.64. The number of aromatic nitrogens is 1. The van der Waals surface area contributed by atoms with Crippen LogP contribution < -0.4 is 16.0 Å². The molecule has 3 N–H and O–H groups in total. The van der Waals surface area contributed by atoms with Gasteiger partial charge in [0.05, 0.1) is 5.52 Å². The SMILES string of the molecule is CCC(=O)N1CCC(NC(=NC)NCCNc2ccc3ccccc3n2)C1. The highest BCUT2D eigenvalue weighted by Crippen LogP contribution is 2.14. The third kappa shape index (κ3) is 5.09. The normalized spacial score (nSPS) is 17.2. The predicted octanol–water partition coefficient (Wildman–Crippen LogP) is 1.82. The fourth-order valence-electron chi connectivity index (χ4n) is 3.25. The van der Waals surface area contributed by atoms with Crippen LogP contribution in [0.5, 0.6) is 0 Å². The number of nitrogens with zero attached hydrogens (tertiary/aromatic N) is 3. The Morgan fingerprint density at radius 1 is 1.26 bits per heavy atom. The van der Waals surface area contributed by atoms with Crippen molar-refractivity contribution >= 4 is 28.6 Å². The summed E-state index contributed by atoms with van der Waals surface area (Å²) in [6.45, 7) is 4.92. The number of likely N-dealkylation sites (tertiary alicyclic amines) is 1. The van der Waals surface area contributed by atoms with Crippen LogP contribution in [0.3, 0.4) is 0 Å². The van der Waals surface area contributed by atoms with E-state index in [0.717, 1.165) is 55.3 Å². The van der Waals surface area contributed by atoms with E-state index in [1.165, 1.54) is 0 Å². The Balaban J connectivity index is 1.41. The number of nitrogens with one attached hydrogen (secondary N) is 3. The molecule has 1 saturated heterocycles. The molecule has 0 saturated carbocycles. The van der Waals surface area contributed by atoms with Crippen molar-refractivity contribution in [1.82, 2.24) is 20.5 Å². The van der Waals surface area contributed by atoms with E-state index in [2.05, 4.69) is 38.1 Å². The number of guanidine groups is 1. The molecule has 2 heterocycles. The molecule has 1 amide bonds. The summed E-state index contributed by atoms with van der Waals surface area (Å²) in [5.41, 5.74) is 0.986. The van der Waals surface area contributed by atoms with Crippen LogP contribution in [0.2, 0.25) is 0 Å². The highest BCUT2D eigenvalue weighted by molar-refractivity contribution is 5.81. The quantitative estimate of drug-likeness (QED) is 0.412. The highest BCUT2D eigenvalue weighted by Gasteiger charge is 2.25. The number of rotatable bonds is 6. The van der Waals surface area contributed by atoms with Crippen LogP contribution in [0.15, 0.2) is 41.4 Å². The molecule has 1 aliphatic rings. The van der Waals surface area contributed by atoms with Crippen LogP contribution in [0.1, 0.15) is 19.8 Å². The monoisotopic (exact) mass is 368 g/mol. The summed E-state index contributed by atoms with van der Waals surface area (Å²) in [4.78, 5) is 22.6. The van der Waals surface area contributed by atoms with Gasteiger partial charge in [-0.2, -0.15) is 0 Å². The van der Waals surface area contributed by atoms with Gasteiger partial charge in [-0.05, 0) is 24.6 Å². The minimum atomic E-state index is 0.217. The summed E-state index contributed by atoms with van der Waals surface area (Å²) in [6, 6.07) is 12.4. The van der Waals surface area contributed by atoms with Crippen LogP contribution in [-0.4, -0.2) is 61.0 Å². The van der Waals surface area contributed by atoms with Gasteiger partial charge in [0.2, 0.25) is 5.91 Å². The van der Waals surface area contributed by atoms with Gasteiger partial charge in [0.15, 0.2) is 5.96 Å². The molecule has 7 heteroatoms. The second kappa shape index (κ2) is 9.21. The Kier molecular flexibility index (Phi) is 6.46. The number of para-hydroxylation sites is 1. The molecule has 3 rings (SSSR count). The predicted molar refractivity (Wildman–Crippen MR) is 110 cm³/mol. The molecule has 0 aliphatic carbocycles. The average Bonchev–Trinajstić information content (AvgIpc) is 3.18. The lowest BCUT2D eigenvalue weighted by atomic mass is 10.2. The summed E-state index contributed by atoms with van der Waals surface area (Å²) in [6.07, 6.45) is 1.51. The maximum absolute atomic E-state index is 11.8. The molecule has 0 bridgehead atoms. The van der Waals surface area contributed by atoms with E-state index in [1.807, 2.05) is 36.1 Å². The van der Waals surface area contributed by atoms with Gasteiger partial charge in [0.25, 0.3) is 0 Å². The number of amides is 1. The van der Waals surface area contributed by atoms with E-state index in [4.69, 9.17) is 0 Å².